The molecule has 5 aromatic rings. The van der Waals surface area contributed by atoms with E-state index in [0.717, 1.165) is 5.56 Å². The Morgan fingerprint density at radius 3 is 2.48 bits per heavy atom. The van der Waals surface area contributed by atoms with Crippen LogP contribution in [-0.2, 0) is 16.0 Å². The van der Waals surface area contributed by atoms with Gasteiger partial charge < -0.3 is 15.4 Å². The van der Waals surface area contributed by atoms with E-state index in [1.807, 2.05) is 30.3 Å². The Morgan fingerprint density at radius 2 is 1.78 bits per heavy atom. The molecule has 0 saturated heterocycles. The summed E-state index contributed by atoms with van der Waals surface area (Å²) in [5.74, 6) is -0.835. The van der Waals surface area contributed by atoms with Crippen LogP contribution in [0.3, 0.4) is 0 Å². The number of hydrogen-bond acceptors (Lipinski definition) is 9. The maximum absolute atomic E-state index is 13.4. The second-order valence-electron chi connectivity index (χ2n) is 9.85. The lowest BCUT2D eigenvalue weighted by Crippen LogP contribution is -2.30. The number of hydrogen-bond donors (Lipinski definition) is 3. The van der Waals surface area contributed by atoms with Crippen LogP contribution in [0.25, 0.3) is 22.9 Å². The number of aromatic nitrogens is 6. The fourth-order valence-corrected chi connectivity index (χ4v) is 4.77. The van der Waals surface area contributed by atoms with Gasteiger partial charge in [-0.15, -0.1) is 10.2 Å². The molecule has 0 saturated carbocycles. The summed E-state index contributed by atoms with van der Waals surface area (Å²) in [5, 5.41) is 28.6. The van der Waals surface area contributed by atoms with Crippen molar-refractivity contribution in [1.82, 2.24) is 41.0 Å². The van der Waals surface area contributed by atoms with Gasteiger partial charge in [0.05, 0.1) is 24.5 Å². The van der Waals surface area contributed by atoms with Crippen molar-refractivity contribution in [2.24, 2.45) is 0 Å². The molecule has 2 heterocycles. The van der Waals surface area contributed by atoms with Crippen LogP contribution in [-0.4, -0.2) is 62.5 Å². The maximum Gasteiger partial charge on any atom is 0.411 e. The molecule has 3 amide bonds. The van der Waals surface area contributed by atoms with Crippen molar-refractivity contribution in [2.75, 3.05) is 19.5 Å². The van der Waals surface area contributed by atoms with E-state index in [1.165, 1.54) is 31.2 Å². The summed E-state index contributed by atoms with van der Waals surface area (Å²) in [4.78, 5) is 37.8. The molecule has 13 nitrogen and oxygen atoms in total. The van der Waals surface area contributed by atoms with Gasteiger partial charge in [-0.1, -0.05) is 54.1 Å². The number of rotatable bonds is 10. The van der Waals surface area contributed by atoms with Crippen LogP contribution in [0.1, 0.15) is 33.4 Å². The lowest BCUT2D eigenvalue weighted by molar-refractivity contribution is -0.117. The number of ether oxygens (including phenoxy) is 1. The quantitative estimate of drug-likeness (QED) is 0.188. The Balaban J connectivity index is 1.48. The molecule has 14 heteroatoms. The molecule has 232 valence electrons. The van der Waals surface area contributed by atoms with Gasteiger partial charge in [0.25, 0.3) is 5.91 Å². The molecule has 3 aromatic carbocycles. The third-order valence-corrected chi connectivity index (χ3v) is 7.07. The number of carbonyl (C=O) groups excluding carboxylic acids is 3. The summed E-state index contributed by atoms with van der Waals surface area (Å²) >= 11 is 6.23. The molecule has 1 atom stereocenters. The van der Waals surface area contributed by atoms with E-state index in [-0.39, 0.29) is 5.69 Å². The van der Waals surface area contributed by atoms with Gasteiger partial charge in [-0.05, 0) is 70.4 Å². The first-order chi connectivity index (χ1) is 22.3. The third kappa shape index (κ3) is 7.76. The predicted molar refractivity (Wildman–Crippen MR) is 171 cm³/mol. The van der Waals surface area contributed by atoms with Crippen LogP contribution in [0.15, 0.2) is 91.3 Å². The molecule has 5 rings (SSSR count). The minimum absolute atomic E-state index is 0.0979. The fourth-order valence-electron chi connectivity index (χ4n) is 4.59. The summed E-state index contributed by atoms with van der Waals surface area (Å²) in [6.45, 7) is 0. The van der Waals surface area contributed by atoms with E-state index in [0.29, 0.717) is 45.2 Å². The van der Waals surface area contributed by atoms with Gasteiger partial charge in [0.1, 0.15) is 6.33 Å². The number of nitrogens with zero attached hydrogens (tertiary/aromatic N) is 6. The van der Waals surface area contributed by atoms with Gasteiger partial charge >= 0.3 is 6.09 Å². The fraction of sp³-hybridized carbons (Fsp3) is 0.125. The molecule has 0 radical (unpaired) electrons. The normalized spacial score (nSPS) is 11.5. The minimum atomic E-state index is -0.622. The molecule has 0 spiro atoms. The lowest BCUT2D eigenvalue weighted by Gasteiger charge is -2.19. The van der Waals surface area contributed by atoms with Crippen molar-refractivity contribution in [3.63, 3.8) is 0 Å². The van der Waals surface area contributed by atoms with E-state index in [9.17, 15) is 14.4 Å². The van der Waals surface area contributed by atoms with Gasteiger partial charge in [0.2, 0.25) is 5.91 Å². The first-order valence-corrected chi connectivity index (χ1v) is 14.3. The minimum Gasteiger partial charge on any atom is -0.453 e. The average Bonchev–Trinajstić information content (AvgIpc) is 3.62. The number of anilines is 1. The standard InChI is InChI=1S/C32H28ClN9O4/c1-34-31(44)30-25(21-8-12-24(13-9-21)36-32(45)46-2)18-27(38-39-30)26(16-20-6-4-3-5-7-20)37-29(43)15-10-22-17-23(33)11-14-28(22)42-19-35-40-41-42/h3-15,17-19,26H,16H2,1-2H3,(H,34,44)(H,36,45)(H,37,43)/t26-/m0/s1. The van der Waals surface area contributed by atoms with Crippen molar-refractivity contribution >= 4 is 41.3 Å². The highest BCUT2D eigenvalue weighted by molar-refractivity contribution is 6.30. The smallest absolute Gasteiger partial charge is 0.411 e. The van der Waals surface area contributed by atoms with Crippen molar-refractivity contribution in [3.8, 4) is 16.8 Å². The van der Waals surface area contributed by atoms with E-state index in [4.69, 9.17) is 11.6 Å². The Hall–Kier alpha value is -5.95. The molecular formula is C32H28ClN9O4. The number of amides is 3. The SMILES string of the molecule is CNC(=O)c1nnc([C@H](Cc2ccccc2)NC(=O)C=Cc2cc(Cl)ccc2-n2cnnn2)cc1-c1ccc(NC(=O)OC)cc1. The average molecular weight is 638 g/mol. The zero-order valence-electron chi connectivity index (χ0n) is 24.7. The topological polar surface area (TPSA) is 166 Å². The second kappa shape index (κ2) is 14.7. The molecule has 0 aliphatic rings. The molecule has 2 aromatic heterocycles. The zero-order chi connectivity index (χ0) is 32.5. The van der Waals surface area contributed by atoms with Crippen molar-refractivity contribution in [3.05, 3.63) is 119 Å². The van der Waals surface area contributed by atoms with Crippen molar-refractivity contribution in [1.29, 1.82) is 0 Å². The molecular weight excluding hydrogens is 610 g/mol. The van der Waals surface area contributed by atoms with Crippen molar-refractivity contribution < 1.29 is 19.1 Å². The van der Waals surface area contributed by atoms with Crippen molar-refractivity contribution in [2.45, 2.75) is 12.5 Å². The number of benzene rings is 3. The van der Waals surface area contributed by atoms with Crippen LogP contribution >= 0.6 is 11.6 Å². The molecule has 0 unspecified atom stereocenters. The van der Waals surface area contributed by atoms with Gasteiger partial charge in [-0.3, -0.25) is 14.9 Å². The summed E-state index contributed by atoms with van der Waals surface area (Å²) in [7, 11) is 2.77. The first-order valence-electron chi connectivity index (χ1n) is 13.9. The monoisotopic (exact) mass is 637 g/mol. The van der Waals surface area contributed by atoms with Gasteiger partial charge in [-0.2, -0.15) is 9.78 Å². The number of carbonyl (C=O) groups is 3. The molecule has 46 heavy (non-hydrogen) atoms. The van der Waals surface area contributed by atoms with Gasteiger partial charge in [0, 0.05) is 35.0 Å². The highest BCUT2D eigenvalue weighted by atomic mass is 35.5. The summed E-state index contributed by atoms with van der Waals surface area (Å²) in [6.07, 6.45) is 4.23. The number of methoxy groups -OCH3 is 1. The van der Waals surface area contributed by atoms with Gasteiger partial charge in [-0.25, -0.2) is 4.79 Å². The van der Waals surface area contributed by atoms with Crippen LogP contribution in [0, 0.1) is 0 Å². The Bertz CT molecular complexity index is 1870. The second-order valence-corrected chi connectivity index (χ2v) is 10.3. The summed E-state index contributed by atoms with van der Waals surface area (Å²) < 4.78 is 6.12. The van der Waals surface area contributed by atoms with Crippen LogP contribution in [0.2, 0.25) is 5.02 Å². The molecule has 3 N–H and O–H groups in total. The van der Waals surface area contributed by atoms with Crippen LogP contribution in [0.5, 0.6) is 0 Å². The van der Waals surface area contributed by atoms with E-state index in [1.54, 1.807) is 54.6 Å². The molecule has 0 fully saturated rings. The molecule has 0 aliphatic heterocycles. The summed E-state index contributed by atoms with van der Waals surface area (Å²) in [5.41, 5.74) is 4.37. The van der Waals surface area contributed by atoms with E-state index in [2.05, 4.69) is 46.4 Å². The number of nitrogens with one attached hydrogen (secondary N) is 3. The predicted octanol–water partition coefficient (Wildman–Crippen LogP) is 4.42. The molecule has 0 aliphatic carbocycles. The van der Waals surface area contributed by atoms with E-state index >= 15 is 0 Å². The highest BCUT2D eigenvalue weighted by Crippen LogP contribution is 2.28. The Kier molecular flexibility index (Phi) is 10.0. The first kappa shape index (κ1) is 31.5. The zero-order valence-corrected chi connectivity index (χ0v) is 25.5. The summed E-state index contributed by atoms with van der Waals surface area (Å²) in [6, 6.07) is 22.7. The largest absolute Gasteiger partial charge is 0.453 e. The van der Waals surface area contributed by atoms with Crippen LogP contribution in [0.4, 0.5) is 10.5 Å². The van der Waals surface area contributed by atoms with Gasteiger partial charge in [0.15, 0.2) is 5.69 Å². The molecule has 0 bridgehead atoms. The number of tetrazole rings is 1. The highest BCUT2D eigenvalue weighted by Gasteiger charge is 2.22. The maximum atomic E-state index is 13.4. The Labute approximate surface area is 268 Å². The van der Waals surface area contributed by atoms with E-state index < -0.39 is 23.9 Å². The third-order valence-electron chi connectivity index (χ3n) is 6.84. The number of halogens is 1. The Morgan fingerprint density at radius 1 is 1.00 bits per heavy atom. The lowest BCUT2D eigenvalue weighted by atomic mass is 9.98. The van der Waals surface area contributed by atoms with Crippen LogP contribution < -0.4 is 16.0 Å².